The van der Waals surface area contributed by atoms with Gasteiger partial charge < -0.3 is 9.47 Å². The van der Waals surface area contributed by atoms with Gasteiger partial charge in [-0.3, -0.25) is 0 Å². The van der Waals surface area contributed by atoms with Crippen molar-refractivity contribution in [3.63, 3.8) is 0 Å². The van der Waals surface area contributed by atoms with Crippen molar-refractivity contribution in [2.24, 2.45) is 0 Å². The number of aryl methyl sites for hydroxylation is 1. The fraction of sp³-hybridized carbons (Fsp3) is 0.346. The molecule has 3 aromatic rings. The summed E-state index contributed by atoms with van der Waals surface area (Å²) in [5, 5.41) is 0. The van der Waals surface area contributed by atoms with Gasteiger partial charge >= 0.3 is 0 Å². The molecule has 0 radical (unpaired) electrons. The number of benzene rings is 2. The predicted molar refractivity (Wildman–Crippen MR) is 132 cm³/mol. The fourth-order valence-corrected chi connectivity index (χ4v) is 3.97. The third-order valence-electron chi connectivity index (χ3n) is 5.27. The van der Waals surface area contributed by atoms with Crippen LogP contribution in [-0.4, -0.2) is 26.8 Å². The van der Waals surface area contributed by atoms with E-state index in [1.54, 1.807) is 7.11 Å². The molecule has 0 unspecified atom stereocenters. The molecular formula is C26H32N2O4S. The van der Waals surface area contributed by atoms with Crippen LogP contribution in [0.25, 0.3) is 11.1 Å². The normalized spacial score (nSPS) is 11.9. The second-order valence-corrected chi connectivity index (χ2v) is 11.0. The van der Waals surface area contributed by atoms with E-state index < -0.39 is 10.0 Å². The van der Waals surface area contributed by atoms with Crippen molar-refractivity contribution in [3.05, 3.63) is 77.0 Å². The van der Waals surface area contributed by atoms with E-state index in [-0.39, 0.29) is 12.0 Å². The Hall–Kier alpha value is -2.90. The maximum Gasteiger partial charge on any atom is 0.221 e. The summed E-state index contributed by atoms with van der Waals surface area (Å²) in [5.41, 5.74) is 5.13. The van der Waals surface area contributed by atoms with Crippen LogP contribution in [0.1, 0.15) is 43.2 Å². The molecule has 1 N–H and O–H groups in total. The first-order chi connectivity index (χ1) is 15.5. The van der Waals surface area contributed by atoms with Crippen LogP contribution in [0.3, 0.4) is 0 Å². The lowest BCUT2D eigenvalue weighted by molar-refractivity contribution is 0.294. The first-order valence-electron chi connectivity index (χ1n) is 10.8. The number of nitrogens with zero attached hydrogens (tertiary/aromatic N) is 1. The fourth-order valence-electron chi connectivity index (χ4n) is 3.56. The molecule has 0 amide bonds. The lowest BCUT2D eigenvalue weighted by atomic mass is 9.83. The van der Waals surface area contributed by atoms with Gasteiger partial charge in [-0.05, 0) is 53.3 Å². The summed E-state index contributed by atoms with van der Waals surface area (Å²) < 4.78 is 38.1. The lowest BCUT2D eigenvalue weighted by Crippen LogP contribution is -2.22. The minimum atomic E-state index is -3.38. The van der Waals surface area contributed by atoms with E-state index in [1.165, 1.54) is 0 Å². The molecule has 1 heterocycles. The molecule has 0 aliphatic rings. The van der Waals surface area contributed by atoms with Gasteiger partial charge in [0.1, 0.15) is 12.4 Å². The van der Waals surface area contributed by atoms with E-state index >= 15 is 0 Å². The molecule has 7 heteroatoms. The highest BCUT2D eigenvalue weighted by molar-refractivity contribution is 7.88. The monoisotopic (exact) mass is 468 g/mol. The number of pyridine rings is 1. The first-order valence-corrected chi connectivity index (χ1v) is 12.7. The summed E-state index contributed by atoms with van der Waals surface area (Å²) in [5.74, 6) is 1.22. The standard InChI is InChI=1S/C26H32N2O4S/c1-18-12-13-21(25(28-18)32-17-19-10-8-7-9-11-19)22-15-23(26(2,3)4)24(31-5)14-20(22)16-27-33(6,29)30/h7-15,27H,16-17H2,1-6H3. The maximum atomic E-state index is 11.8. The van der Waals surface area contributed by atoms with Crippen molar-refractivity contribution in [1.82, 2.24) is 9.71 Å². The minimum Gasteiger partial charge on any atom is -0.496 e. The van der Waals surface area contributed by atoms with Crippen LogP contribution in [-0.2, 0) is 28.6 Å². The molecule has 6 nitrogen and oxygen atoms in total. The zero-order valence-corrected chi connectivity index (χ0v) is 20.9. The average Bonchev–Trinajstić information content (AvgIpc) is 2.75. The van der Waals surface area contributed by atoms with Gasteiger partial charge in [0.25, 0.3) is 0 Å². The zero-order chi connectivity index (χ0) is 24.2. The minimum absolute atomic E-state index is 0.126. The Morgan fingerprint density at radius 1 is 1.00 bits per heavy atom. The molecule has 0 aliphatic carbocycles. The highest BCUT2D eigenvalue weighted by Gasteiger charge is 2.24. The van der Waals surface area contributed by atoms with Crippen molar-refractivity contribution in [3.8, 4) is 22.8 Å². The number of rotatable bonds is 8. The van der Waals surface area contributed by atoms with Gasteiger partial charge in [0.15, 0.2) is 0 Å². The van der Waals surface area contributed by atoms with Gasteiger partial charge in [-0.2, -0.15) is 0 Å². The van der Waals surface area contributed by atoms with Crippen LogP contribution in [0.4, 0.5) is 0 Å². The van der Waals surface area contributed by atoms with E-state index in [0.717, 1.165) is 39.8 Å². The third kappa shape index (κ3) is 6.55. The van der Waals surface area contributed by atoms with Gasteiger partial charge in [0, 0.05) is 23.4 Å². The Morgan fingerprint density at radius 3 is 2.30 bits per heavy atom. The molecule has 0 atom stereocenters. The number of methoxy groups -OCH3 is 1. The van der Waals surface area contributed by atoms with Crippen molar-refractivity contribution in [1.29, 1.82) is 0 Å². The second kappa shape index (κ2) is 9.93. The average molecular weight is 469 g/mol. The molecule has 0 spiro atoms. The summed E-state index contributed by atoms with van der Waals surface area (Å²) in [7, 11) is -1.76. The molecule has 33 heavy (non-hydrogen) atoms. The molecule has 0 saturated heterocycles. The van der Waals surface area contributed by atoms with Crippen LogP contribution in [0.15, 0.2) is 54.6 Å². The molecule has 176 valence electrons. The summed E-state index contributed by atoms with van der Waals surface area (Å²) in [6.07, 6.45) is 1.15. The SMILES string of the molecule is COc1cc(CNS(C)(=O)=O)c(-c2ccc(C)nc2OCc2ccccc2)cc1C(C)(C)C. The number of nitrogens with one attached hydrogen (secondary N) is 1. The summed E-state index contributed by atoms with van der Waals surface area (Å²) >= 11 is 0. The van der Waals surface area contributed by atoms with Gasteiger partial charge in [0.05, 0.1) is 13.4 Å². The second-order valence-electron chi connectivity index (χ2n) is 9.13. The Bertz CT molecular complexity index is 1220. The number of hydrogen-bond donors (Lipinski definition) is 1. The largest absolute Gasteiger partial charge is 0.496 e. The van der Waals surface area contributed by atoms with Crippen LogP contribution in [0.2, 0.25) is 0 Å². The van der Waals surface area contributed by atoms with E-state index in [2.05, 4.69) is 36.5 Å². The molecule has 0 aliphatic heterocycles. The molecular weight excluding hydrogens is 436 g/mol. The van der Waals surface area contributed by atoms with Gasteiger partial charge in [-0.1, -0.05) is 51.1 Å². The molecule has 0 fully saturated rings. The zero-order valence-electron chi connectivity index (χ0n) is 20.1. The first kappa shape index (κ1) is 24.7. The molecule has 3 rings (SSSR count). The maximum absolute atomic E-state index is 11.8. The third-order valence-corrected chi connectivity index (χ3v) is 5.93. The quantitative estimate of drug-likeness (QED) is 0.504. The smallest absolute Gasteiger partial charge is 0.221 e. The van der Waals surface area contributed by atoms with E-state index in [0.29, 0.717) is 18.2 Å². The van der Waals surface area contributed by atoms with Crippen LogP contribution < -0.4 is 14.2 Å². The van der Waals surface area contributed by atoms with E-state index in [1.807, 2.05) is 55.5 Å². The lowest BCUT2D eigenvalue weighted by Gasteiger charge is -2.25. The van der Waals surface area contributed by atoms with Crippen LogP contribution in [0, 0.1) is 6.92 Å². The van der Waals surface area contributed by atoms with E-state index in [9.17, 15) is 8.42 Å². The van der Waals surface area contributed by atoms with Crippen molar-refractivity contribution in [2.45, 2.75) is 46.3 Å². The molecule has 2 aromatic carbocycles. The predicted octanol–water partition coefficient (Wildman–Crippen LogP) is 4.99. The molecule has 1 aromatic heterocycles. The highest BCUT2D eigenvalue weighted by atomic mass is 32.2. The number of aromatic nitrogens is 1. The Kier molecular flexibility index (Phi) is 7.44. The number of ether oxygens (including phenoxy) is 2. The molecule has 0 saturated carbocycles. The van der Waals surface area contributed by atoms with Crippen LogP contribution >= 0.6 is 0 Å². The Balaban J connectivity index is 2.14. The van der Waals surface area contributed by atoms with Gasteiger partial charge in [-0.25, -0.2) is 18.1 Å². The van der Waals surface area contributed by atoms with E-state index in [4.69, 9.17) is 9.47 Å². The van der Waals surface area contributed by atoms with Gasteiger partial charge in [-0.15, -0.1) is 0 Å². The van der Waals surface area contributed by atoms with Crippen molar-refractivity contribution < 1.29 is 17.9 Å². The topological polar surface area (TPSA) is 77.5 Å². The summed E-state index contributed by atoms with van der Waals surface area (Å²) in [6.45, 7) is 8.76. The van der Waals surface area contributed by atoms with Crippen LogP contribution in [0.5, 0.6) is 11.6 Å². The summed E-state index contributed by atoms with van der Waals surface area (Å²) in [6, 6.07) is 17.8. The Labute approximate surface area is 197 Å². The highest BCUT2D eigenvalue weighted by Crippen LogP contribution is 2.40. The van der Waals surface area contributed by atoms with Crippen molar-refractivity contribution in [2.75, 3.05) is 13.4 Å². The number of sulfonamides is 1. The molecule has 0 bridgehead atoms. The number of hydrogen-bond acceptors (Lipinski definition) is 5. The Morgan fingerprint density at radius 2 is 1.70 bits per heavy atom. The van der Waals surface area contributed by atoms with Gasteiger partial charge in [0.2, 0.25) is 15.9 Å². The summed E-state index contributed by atoms with van der Waals surface area (Å²) in [4.78, 5) is 4.66. The van der Waals surface area contributed by atoms with Crippen molar-refractivity contribution >= 4 is 10.0 Å².